The molecule has 0 atom stereocenters. The van der Waals surface area contributed by atoms with Crippen molar-refractivity contribution in [2.24, 2.45) is 5.92 Å². The summed E-state index contributed by atoms with van der Waals surface area (Å²) in [4.78, 5) is 21.1. The third-order valence-corrected chi connectivity index (χ3v) is 4.13. The topological polar surface area (TPSA) is 95.0 Å². The highest BCUT2D eigenvalue weighted by Gasteiger charge is 2.22. The largest absolute Gasteiger partial charge is 0.451 e. The van der Waals surface area contributed by atoms with Crippen LogP contribution in [0.2, 0.25) is 0 Å². The van der Waals surface area contributed by atoms with Gasteiger partial charge in [-0.2, -0.15) is 5.26 Å². The molecule has 136 valence electrons. The highest BCUT2D eigenvalue weighted by molar-refractivity contribution is 6.35. The van der Waals surface area contributed by atoms with Gasteiger partial charge in [0.25, 0.3) is 0 Å². The SMILES string of the molecule is Bc1cnc(C#N)nc1N(CC(C)C)NC(=O)c1oc2ccccc2c1C. The van der Waals surface area contributed by atoms with Crippen molar-refractivity contribution >= 4 is 36.0 Å². The molecule has 1 amide bonds. The summed E-state index contributed by atoms with van der Waals surface area (Å²) in [6, 6.07) is 9.46. The molecule has 1 aromatic carbocycles. The van der Waals surface area contributed by atoms with Crippen molar-refractivity contribution in [2.75, 3.05) is 11.6 Å². The maximum atomic E-state index is 12.9. The molecule has 3 aromatic rings. The molecule has 0 aliphatic carbocycles. The first kappa shape index (κ1) is 18.5. The number of furan rings is 1. The lowest BCUT2D eigenvalue weighted by Gasteiger charge is -2.27. The van der Waals surface area contributed by atoms with Crippen LogP contribution < -0.4 is 15.9 Å². The molecule has 7 nitrogen and oxygen atoms in total. The summed E-state index contributed by atoms with van der Waals surface area (Å²) in [5, 5.41) is 11.7. The number of fused-ring (bicyclic) bond motifs is 1. The van der Waals surface area contributed by atoms with Gasteiger partial charge in [-0.05, 0) is 24.4 Å². The Hall–Kier alpha value is -3.34. The molecule has 0 aliphatic rings. The molecule has 0 bridgehead atoms. The van der Waals surface area contributed by atoms with E-state index in [4.69, 9.17) is 9.68 Å². The first-order valence-electron chi connectivity index (χ1n) is 8.71. The number of aromatic nitrogens is 2. The maximum absolute atomic E-state index is 12.9. The number of hydrogen-bond donors (Lipinski definition) is 1. The number of nitriles is 1. The molecule has 3 rings (SSSR count). The predicted molar refractivity (Wildman–Crippen MR) is 106 cm³/mol. The number of hydrogen-bond acceptors (Lipinski definition) is 6. The van der Waals surface area contributed by atoms with Crippen LogP contribution in [-0.4, -0.2) is 30.3 Å². The lowest BCUT2D eigenvalue weighted by Crippen LogP contribution is -2.47. The molecule has 2 heterocycles. The Morgan fingerprint density at radius 3 is 2.81 bits per heavy atom. The fraction of sp³-hybridized carbons (Fsp3) is 0.263. The van der Waals surface area contributed by atoms with E-state index in [1.807, 2.05) is 59.0 Å². The van der Waals surface area contributed by atoms with Crippen LogP contribution in [0.15, 0.2) is 34.9 Å². The van der Waals surface area contributed by atoms with E-state index >= 15 is 0 Å². The number of benzene rings is 1. The molecule has 8 heteroatoms. The smallest absolute Gasteiger partial charge is 0.305 e. The molecule has 27 heavy (non-hydrogen) atoms. The number of hydrazine groups is 1. The van der Waals surface area contributed by atoms with E-state index in [1.54, 1.807) is 11.2 Å². The molecular weight excluding hydrogens is 341 g/mol. The molecule has 0 unspecified atom stereocenters. The summed E-state index contributed by atoms with van der Waals surface area (Å²) in [7, 11) is 1.84. The standard InChI is InChI=1S/C19H20BN5O2/c1-11(2)10-25(18-14(20)9-22-16(8-21)23-18)24-19(26)17-12(3)13-6-4-5-7-15(13)27-17/h4-7,9,11H,10,20H2,1-3H3,(H,24,26). The minimum Gasteiger partial charge on any atom is -0.451 e. The Labute approximate surface area is 158 Å². The van der Waals surface area contributed by atoms with Crippen LogP contribution in [0.1, 0.15) is 35.8 Å². The van der Waals surface area contributed by atoms with Gasteiger partial charge in [0.15, 0.2) is 5.76 Å². The molecule has 0 spiro atoms. The van der Waals surface area contributed by atoms with Gasteiger partial charge in [-0.3, -0.25) is 15.2 Å². The van der Waals surface area contributed by atoms with Gasteiger partial charge in [-0.1, -0.05) is 32.0 Å². The van der Waals surface area contributed by atoms with Gasteiger partial charge >= 0.3 is 5.91 Å². The average molecular weight is 361 g/mol. The summed E-state index contributed by atoms with van der Waals surface area (Å²) in [6.45, 7) is 6.45. The molecule has 1 N–H and O–H groups in total. The van der Waals surface area contributed by atoms with Gasteiger partial charge in [-0.15, -0.1) is 0 Å². The number of para-hydroxylation sites is 1. The number of anilines is 1. The van der Waals surface area contributed by atoms with E-state index < -0.39 is 0 Å². The number of carbonyl (C=O) groups is 1. The van der Waals surface area contributed by atoms with Crippen LogP contribution in [0.4, 0.5) is 5.82 Å². The van der Waals surface area contributed by atoms with Crippen molar-refractivity contribution in [2.45, 2.75) is 20.8 Å². The second-order valence-corrected chi connectivity index (χ2v) is 6.81. The molecule has 2 aromatic heterocycles. The number of carbonyl (C=O) groups excluding carboxylic acids is 1. The third kappa shape index (κ3) is 3.77. The van der Waals surface area contributed by atoms with Crippen LogP contribution in [0.25, 0.3) is 11.0 Å². The van der Waals surface area contributed by atoms with E-state index in [2.05, 4.69) is 15.4 Å². The van der Waals surface area contributed by atoms with Crippen LogP contribution in [0.3, 0.4) is 0 Å². The number of amides is 1. The first-order chi connectivity index (χ1) is 12.9. The van der Waals surface area contributed by atoms with Gasteiger partial charge in [-0.25, -0.2) is 9.97 Å². The first-order valence-corrected chi connectivity index (χ1v) is 8.71. The van der Waals surface area contributed by atoms with Crippen LogP contribution in [0.5, 0.6) is 0 Å². The van der Waals surface area contributed by atoms with Crippen molar-refractivity contribution in [1.82, 2.24) is 15.4 Å². The van der Waals surface area contributed by atoms with Gasteiger partial charge < -0.3 is 4.42 Å². The Morgan fingerprint density at radius 1 is 1.41 bits per heavy atom. The Morgan fingerprint density at radius 2 is 2.15 bits per heavy atom. The molecular formula is C19H20BN5O2. The summed E-state index contributed by atoms with van der Waals surface area (Å²) in [5.74, 6) is 0.705. The van der Waals surface area contributed by atoms with Gasteiger partial charge in [0.05, 0.1) is 0 Å². The predicted octanol–water partition coefficient (Wildman–Crippen LogP) is 1.47. The van der Waals surface area contributed by atoms with E-state index in [9.17, 15) is 4.79 Å². The number of rotatable bonds is 5. The van der Waals surface area contributed by atoms with E-state index in [-0.39, 0.29) is 23.4 Å². The Balaban J connectivity index is 1.96. The van der Waals surface area contributed by atoms with Crippen LogP contribution >= 0.6 is 0 Å². The number of aryl methyl sites for hydroxylation is 1. The number of nitrogens with zero attached hydrogens (tertiary/aromatic N) is 4. The van der Waals surface area contributed by atoms with E-state index in [0.717, 1.165) is 16.4 Å². The summed E-state index contributed by atoms with van der Waals surface area (Å²) in [5.41, 5.74) is 5.09. The van der Waals surface area contributed by atoms with Crippen LogP contribution in [-0.2, 0) is 0 Å². The molecule has 0 fully saturated rings. The minimum absolute atomic E-state index is 0.0542. The summed E-state index contributed by atoms with van der Waals surface area (Å²) < 4.78 is 5.75. The van der Waals surface area contributed by atoms with Gasteiger partial charge in [0.1, 0.15) is 25.3 Å². The van der Waals surface area contributed by atoms with Crippen molar-refractivity contribution < 1.29 is 9.21 Å². The fourth-order valence-corrected chi connectivity index (χ4v) is 2.87. The monoisotopic (exact) mass is 361 g/mol. The molecule has 0 saturated heterocycles. The summed E-state index contributed by atoms with van der Waals surface area (Å²) in [6.07, 6.45) is 1.58. The Bertz CT molecular complexity index is 1040. The lowest BCUT2D eigenvalue weighted by atomic mass is 9.98. The molecule has 0 radical (unpaired) electrons. The second kappa shape index (κ2) is 7.50. The normalized spacial score (nSPS) is 10.8. The Kier molecular flexibility index (Phi) is 5.13. The van der Waals surface area contributed by atoms with Crippen molar-refractivity contribution in [3.05, 3.63) is 47.6 Å². The zero-order valence-corrected chi connectivity index (χ0v) is 15.8. The van der Waals surface area contributed by atoms with Crippen molar-refractivity contribution in [1.29, 1.82) is 5.26 Å². The zero-order chi connectivity index (χ0) is 19.6. The van der Waals surface area contributed by atoms with E-state index in [1.165, 1.54) is 0 Å². The molecule has 0 saturated carbocycles. The average Bonchev–Trinajstić information content (AvgIpc) is 2.98. The molecule has 0 aliphatic heterocycles. The van der Waals surface area contributed by atoms with Gasteiger partial charge in [0, 0.05) is 23.7 Å². The quantitative estimate of drug-likeness (QED) is 0.546. The fourth-order valence-electron chi connectivity index (χ4n) is 2.87. The van der Waals surface area contributed by atoms with E-state index in [0.29, 0.717) is 17.9 Å². The maximum Gasteiger partial charge on any atom is 0.305 e. The highest BCUT2D eigenvalue weighted by atomic mass is 16.3. The van der Waals surface area contributed by atoms with Crippen molar-refractivity contribution in [3.8, 4) is 6.07 Å². The van der Waals surface area contributed by atoms with Crippen LogP contribution in [0, 0.1) is 24.2 Å². The minimum atomic E-state index is -0.360. The third-order valence-electron chi connectivity index (χ3n) is 4.13. The highest BCUT2D eigenvalue weighted by Crippen LogP contribution is 2.25. The second-order valence-electron chi connectivity index (χ2n) is 6.81. The summed E-state index contributed by atoms with van der Waals surface area (Å²) >= 11 is 0. The van der Waals surface area contributed by atoms with Crippen molar-refractivity contribution in [3.63, 3.8) is 0 Å². The van der Waals surface area contributed by atoms with Gasteiger partial charge in [0.2, 0.25) is 5.82 Å². The zero-order valence-electron chi connectivity index (χ0n) is 15.8. The lowest BCUT2D eigenvalue weighted by molar-refractivity contribution is 0.0921. The number of nitrogens with one attached hydrogen (secondary N) is 1.